The average Bonchev–Trinajstić information content (AvgIpc) is 3.37. The van der Waals surface area contributed by atoms with E-state index >= 15 is 0 Å². The third kappa shape index (κ3) is 3.86. The fourth-order valence-electron chi connectivity index (χ4n) is 3.57. The molecule has 0 radical (unpaired) electrons. The van der Waals surface area contributed by atoms with E-state index in [1.54, 1.807) is 6.20 Å². The van der Waals surface area contributed by atoms with E-state index in [2.05, 4.69) is 28.2 Å². The topological polar surface area (TPSA) is 45.2 Å². The minimum Gasteiger partial charge on any atom is -0.356 e. The Labute approximate surface area is 133 Å². The SMILES string of the molecule is CCN1CCC(CCNC(=O)[C@H]2C[C@@H]2c2cccnc2)CC1. The molecular weight excluding hydrogens is 274 g/mol. The molecule has 1 N–H and O–H groups in total. The van der Waals surface area contributed by atoms with Crippen LogP contribution >= 0.6 is 0 Å². The molecule has 1 aromatic heterocycles. The summed E-state index contributed by atoms with van der Waals surface area (Å²) in [5.74, 6) is 1.59. The average molecular weight is 301 g/mol. The maximum Gasteiger partial charge on any atom is 0.223 e. The van der Waals surface area contributed by atoms with Gasteiger partial charge in [-0.05, 0) is 68.8 Å². The Balaban J connectivity index is 1.34. The summed E-state index contributed by atoms with van der Waals surface area (Å²) in [5, 5.41) is 3.14. The lowest BCUT2D eigenvalue weighted by Crippen LogP contribution is -2.35. The Morgan fingerprint density at radius 2 is 2.23 bits per heavy atom. The number of likely N-dealkylation sites (tertiary alicyclic amines) is 1. The second-order valence-electron chi connectivity index (χ2n) is 6.69. The van der Waals surface area contributed by atoms with Crippen molar-refractivity contribution >= 4 is 5.91 Å². The van der Waals surface area contributed by atoms with Crippen molar-refractivity contribution in [3.05, 3.63) is 30.1 Å². The normalized spacial score (nSPS) is 25.9. The van der Waals surface area contributed by atoms with Crippen molar-refractivity contribution < 1.29 is 4.79 Å². The number of rotatable bonds is 6. The van der Waals surface area contributed by atoms with Gasteiger partial charge < -0.3 is 10.2 Å². The van der Waals surface area contributed by atoms with Gasteiger partial charge in [0.25, 0.3) is 0 Å². The Morgan fingerprint density at radius 3 is 2.91 bits per heavy atom. The summed E-state index contributed by atoms with van der Waals surface area (Å²) in [4.78, 5) is 18.8. The molecule has 0 aromatic carbocycles. The highest BCUT2D eigenvalue weighted by Crippen LogP contribution is 2.47. The molecule has 2 fully saturated rings. The molecule has 1 saturated heterocycles. The van der Waals surface area contributed by atoms with Crippen molar-refractivity contribution in [2.75, 3.05) is 26.2 Å². The number of nitrogens with one attached hydrogen (secondary N) is 1. The molecule has 1 aliphatic carbocycles. The lowest BCUT2D eigenvalue weighted by molar-refractivity contribution is -0.122. The van der Waals surface area contributed by atoms with Gasteiger partial charge in [-0.3, -0.25) is 9.78 Å². The maximum absolute atomic E-state index is 12.2. The molecule has 1 saturated carbocycles. The van der Waals surface area contributed by atoms with Crippen LogP contribution in [0.1, 0.15) is 44.1 Å². The van der Waals surface area contributed by atoms with Crippen molar-refractivity contribution in [3.63, 3.8) is 0 Å². The quantitative estimate of drug-likeness (QED) is 0.877. The molecule has 0 bridgehead atoms. The van der Waals surface area contributed by atoms with Crippen LogP contribution in [0.3, 0.4) is 0 Å². The van der Waals surface area contributed by atoms with E-state index in [4.69, 9.17) is 0 Å². The first kappa shape index (κ1) is 15.5. The van der Waals surface area contributed by atoms with E-state index in [0.29, 0.717) is 5.92 Å². The lowest BCUT2D eigenvalue weighted by Gasteiger charge is -2.31. The van der Waals surface area contributed by atoms with E-state index in [1.165, 1.54) is 38.0 Å². The highest BCUT2D eigenvalue weighted by molar-refractivity contribution is 5.82. The standard InChI is InChI=1S/C18H27N3O/c1-2-21-10-6-14(7-11-21)5-9-20-18(22)17-12-16(17)15-4-3-8-19-13-15/h3-4,8,13-14,16-17H,2,5-7,9-12H2,1H3,(H,20,22)/t16-,17+/m1/s1. The summed E-state index contributed by atoms with van der Waals surface area (Å²) >= 11 is 0. The van der Waals surface area contributed by atoms with Gasteiger partial charge in [-0.1, -0.05) is 13.0 Å². The summed E-state index contributed by atoms with van der Waals surface area (Å²) in [6.45, 7) is 6.68. The molecule has 0 unspecified atom stereocenters. The van der Waals surface area contributed by atoms with Crippen molar-refractivity contribution in [1.82, 2.24) is 15.2 Å². The van der Waals surface area contributed by atoms with Crippen LogP contribution in [0.4, 0.5) is 0 Å². The number of carbonyl (C=O) groups excluding carboxylic acids is 1. The van der Waals surface area contributed by atoms with Crippen LogP contribution in [-0.4, -0.2) is 42.0 Å². The number of aromatic nitrogens is 1. The van der Waals surface area contributed by atoms with Gasteiger partial charge in [0, 0.05) is 24.9 Å². The first-order chi connectivity index (χ1) is 10.8. The van der Waals surface area contributed by atoms with Crippen LogP contribution in [-0.2, 0) is 4.79 Å². The van der Waals surface area contributed by atoms with Gasteiger partial charge >= 0.3 is 0 Å². The second-order valence-corrected chi connectivity index (χ2v) is 6.69. The van der Waals surface area contributed by atoms with Crippen LogP contribution in [0.2, 0.25) is 0 Å². The fourth-order valence-corrected chi connectivity index (χ4v) is 3.57. The largest absolute Gasteiger partial charge is 0.356 e. The van der Waals surface area contributed by atoms with E-state index in [9.17, 15) is 4.79 Å². The number of hydrogen-bond acceptors (Lipinski definition) is 3. The minimum atomic E-state index is 0.172. The summed E-state index contributed by atoms with van der Waals surface area (Å²) < 4.78 is 0. The number of hydrogen-bond donors (Lipinski definition) is 1. The number of nitrogens with zero attached hydrogens (tertiary/aromatic N) is 2. The summed E-state index contributed by atoms with van der Waals surface area (Å²) in [7, 11) is 0. The van der Waals surface area contributed by atoms with Gasteiger partial charge in [-0.2, -0.15) is 0 Å². The zero-order valence-corrected chi connectivity index (χ0v) is 13.5. The van der Waals surface area contributed by atoms with Gasteiger partial charge in [0.2, 0.25) is 5.91 Å². The smallest absolute Gasteiger partial charge is 0.223 e. The van der Waals surface area contributed by atoms with Crippen LogP contribution in [0.25, 0.3) is 0 Å². The zero-order valence-electron chi connectivity index (χ0n) is 13.5. The lowest BCUT2D eigenvalue weighted by atomic mass is 9.93. The summed E-state index contributed by atoms with van der Waals surface area (Å²) in [6, 6.07) is 4.03. The number of pyridine rings is 1. The summed E-state index contributed by atoms with van der Waals surface area (Å²) in [5.41, 5.74) is 1.20. The Bertz CT molecular complexity index is 482. The number of carbonyl (C=O) groups is 1. The Morgan fingerprint density at radius 1 is 1.41 bits per heavy atom. The molecule has 22 heavy (non-hydrogen) atoms. The fraction of sp³-hybridized carbons (Fsp3) is 0.667. The monoisotopic (exact) mass is 301 g/mol. The maximum atomic E-state index is 12.2. The first-order valence-electron chi connectivity index (χ1n) is 8.68. The molecule has 1 aliphatic heterocycles. The third-order valence-corrected chi connectivity index (χ3v) is 5.25. The van der Waals surface area contributed by atoms with Crippen molar-refractivity contribution in [2.24, 2.45) is 11.8 Å². The van der Waals surface area contributed by atoms with Gasteiger partial charge in [0.15, 0.2) is 0 Å². The molecule has 2 aliphatic rings. The van der Waals surface area contributed by atoms with Crippen LogP contribution < -0.4 is 5.32 Å². The van der Waals surface area contributed by atoms with Crippen LogP contribution in [0.5, 0.6) is 0 Å². The van der Waals surface area contributed by atoms with E-state index in [-0.39, 0.29) is 11.8 Å². The number of piperidine rings is 1. The minimum absolute atomic E-state index is 0.172. The predicted octanol–water partition coefficient (Wildman–Crippen LogP) is 2.42. The summed E-state index contributed by atoms with van der Waals surface area (Å²) in [6.07, 6.45) is 8.35. The molecule has 4 heteroatoms. The van der Waals surface area contributed by atoms with E-state index < -0.39 is 0 Å². The Kier molecular flexibility index (Phi) is 5.08. The third-order valence-electron chi connectivity index (χ3n) is 5.25. The highest BCUT2D eigenvalue weighted by atomic mass is 16.2. The predicted molar refractivity (Wildman–Crippen MR) is 87.5 cm³/mol. The molecule has 4 nitrogen and oxygen atoms in total. The molecule has 120 valence electrons. The van der Waals surface area contributed by atoms with Gasteiger partial charge in [-0.25, -0.2) is 0 Å². The Hall–Kier alpha value is -1.42. The van der Waals surface area contributed by atoms with Gasteiger partial charge in [0.1, 0.15) is 0 Å². The van der Waals surface area contributed by atoms with Crippen LogP contribution in [0.15, 0.2) is 24.5 Å². The van der Waals surface area contributed by atoms with Crippen molar-refractivity contribution in [1.29, 1.82) is 0 Å². The van der Waals surface area contributed by atoms with Gasteiger partial charge in [-0.15, -0.1) is 0 Å². The van der Waals surface area contributed by atoms with Crippen molar-refractivity contribution in [2.45, 2.75) is 38.5 Å². The zero-order chi connectivity index (χ0) is 15.4. The van der Waals surface area contributed by atoms with Crippen molar-refractivity contribution in [3.8, 4) is 0 Å². The molecule has 3 rings (SSSR count). The molecule has 2 heterocycles. The molecule has 2 atom stereocenters. The molecule has 0 spiro atoms. The van der Waals surface area contributed by atoms with E-state index in [0.717, 1.165) is 25.3 Å². The van der Waals surface area contributed by atoms with E-state index in [1.807, 2.05) is 12.3 Å². The molecular formula is C18H27N3O. The highest BCUT2D eigenvalue weighted by Gasteiger charge is 2.43. The number of amides is 1. The molecule has 1 amide bonds. The molecule has 1 aromatic rings. The van der Waals surface area contributed by atoms with Crippen LogP contribution in [0, 0.1) is 11.8 Å². The van der Waals surface area contributed by atoms with Gasteiger partial charge in [0.05, 0.1) is 0 Å². The first-order valence-corrected chi connectivity index (χ1v) is 8.68. The second kappa shape index (κ2) is 7.23.